The van der Waals surface area contributed by atoms with Crippen LogP contribution in [0.25, 0.3) is 0 Å². The van der Waals surface area contributed by atoms with Gasteiger partial charge in [0.1, 0.15) is 10.9 Å². The summed E-state index contributed by atoms with van der Waals surface area (Å²) in [5.74, 6) is -1.78. The lowest BCUT2D eigenvalue weighted by Crippen LogP contribution is -2.40. The van der Waals surface area contributed by atoms with Gasteiger partial charge in [-0.25, -0.2) is 4.79 Å². The number of amides is 1. The fourth-order valence-corrected chi connectivity index (χ4v) is 2.78. The molecule has 1 amide bonds. The van der Waals surface area contributed by atoms with Crippen LogP contribution >= 0.6 is 11.3 Å². The first kappa shape index (κ1) is 13.9. The van der Waals surface area contributed by atoms with Gasteiger partial charge in [0.05, 0.1) is 5.56 Å². The normalized spacial score (nSPS) is 19.7. The van der Waals surface area contributed by atoms with Crippen LogP contribution in [0.4, 0.5) is 13.2 Å². The number of likely N-dealkylation sites (tertiary alicyclic amines) is 1. The van der Waals surface area contributed by atoms with Crippen molar-refractivity contribution < 1.29 is 27.9 Å². The van der Waals surface area contributed by atoms with Crippen LogP contribution in [0.2, 0.25) is 0 Å². The molecule has 0 saturated carbocycles. The quantitative estimate of drug-likeness (QED) is 0.911. The average Bonchev–Trinajstić information content (AvgIpc) is 2.96. The summed E-state index contributed by atoms with van der Waals surface area (Å²) in [6.45, 7) is 0.257. The first-order chi connectivity index (χ1) is 8.80. The molecule has 1 N–H and O–H groups in total. The molecule has 1 aromatic heterocycles. The van der Waals surface area contributed by atoms with Crippen molar-refractivity contribution in [1.82, 2.24) is 4.90 Å². The summed E-state index contributed by atoms with van der Waals surface area (Å²) >= 11 is 0.433. The summed E-state index contributed by atoms with van der Waals surface area (Å²) in [4.78, 5) is 23.2. The van der Waals surface area contributed by atoms with E-state index in [4.69, 9.17) is 5.11 Å². The molecule has 1 aliphatic heterocycles. The lowest BCUT2D eigenvalue weighted by atomic mass is 10.2. The van der Waals surface area contributed by atoms with Crippen molar-refractivity contribution in [3.05, 3.63) is 21.9 Å². The fourth-order valence-electron chi connectivity index (χ4n) is 2.03. The van der Waals surface area contributed by atoms with Crippen LogP contribution in [0, 0.1) is 0 Å². The van der Waals surface area contributed by atoms with E-state index < -0.39 is 29.0 Å². The molecular formula is C11H10F3NO3S. The van der Waals surface area contributed by atoms with Crippen molar-refractivity contribution in [1.29, 1.82) is 0 Å². The molecule has 8 heteroatoms. The van der Waals surface area contributed by atoms with Crippen molar-refractivity contribution >= 4 is 23.2 Å². The van der Waals surface area contributed by atoms with Crippen LogP contribution in [0.1, 0.15) is 28.1 Å². The number of carboxylic acid groups (broad SMARTS) is 1. The third kappa shape index (κ3) is 2.73. The second-order valence-electron chi connectivity index (χ2n) is 4.19. The van der Waals surface area contributed by atoms with E-state index in [9.17, 15) is 22.8 Å². The van der Waals surface area contributed by atoms with E-state index in [0.717, 1.165) is 16.3 Å². The van der Waals surface area contributed by atoms with Crippen molar-refractivity contribution in [2.75, 3.05) is 6.54 Å². The summed E-state index contributed by atoms with van der Waals surface area (Å²) in [6, 6.07) is -0.175. The number of hydrogen-bond donors (Lipinski definition) is 1. The lowest BCUT2D eigenvalue weighted by Gasteiger charge is -2.20. The smallest absolute Gasteiger partial charge is 0.425 e. The van der Waals surface area contributed by atoms with Crippen molar-refractivity contribution in [3.8, 4) is 0 Å². The molecule has 4 nitrogen and oxygen atoms in total. The van der Waals surface area contributed by atoms with Gasteiger partial charge in [0, 0.05) is 11.9 Å². The average molecular weight is 293 g/mol. The largest absolute Gasteiger partial charge is 0.480 e. The van der Waals surface area contributed by atoms with Gasteiger partial charge in [-0.3, -0.25) is 4.79 Å². The molecule has 0 aliphatic carbocycles. The standard InChI is InChI=1S/C11H10F3NO3S/c12-11(13,14)8-4-6(5-19-8)9(16)15-3-1-2-7(15)10(17)18/h4-5,7H,1-3H2,(H,17,18). The van der Waals surface area contributed by atoms with E-state index in [1.807, 2.05) is 0 Å². The zero-order valence-electron chi connectivity index (χ0n) is 9.61. The van der Waals surface area contributed by atoms with Crippen LogP contribution in [0.15, 0.2) is 11.4 Å². The Morgan fingerprint density at radius 1 is 1.42 bits per heavy atom. The minimum Gasteiger partial charge on any atom is -0.480 e. The Kier molecular flexibility index (Phi) is 3.53. The highest BCUT2D eigenvalue weighted by Crippen LogP contribution is 2.34. The van der Waals surface area contributed by atoms with E-state index in [1.165, 1.54) is 0 Å². The highest BCUT2D eigenvalue weighted by Gasteiger charge is 2.37. The second-order valence-corrected chi connectivity index (χ2v) is 5.10. The van der Waals surface area contributed by atoms with Crippen molar-refractivity contribution in [2.45, 2.75) is 25.1 Å². The fraction of sp³-hybridized carbons (Fsp3) is 0.455. The van der Waals surface area contributed by atoms with Crippen LogP contribution in [-0.2, 0) is 11.0 Å². The third-order valence-electron chi connectivity index (χ3n) is 2.92. The predicted octanol–water partition coefficient (Wildman–Crippen LogP) is 2.46. The minimum atomic E-state index is -4.49. The Labute approximate surface area is 110 Å². The van der Waals surface area contributed by atoms with Gasteiger partial charge < -0.3 is 10.0 Å². The first-order valence-corrected chi connectivity index (χ1v) is 6.38. The number of hydrogen-bond acceptors (Lipinski definition) is 3. The second kappa shape index (κ2) is 4.84. The Balaban J connectivity index is 2.20. The number of halogens is 3. The van der Waals surface area contributed by atoms with Crippen molar-refractivity contribution in [2.24, 2.45) is 0 Å². The van der Waals surface area contributed by atoms with Gasteiger partial charge in [-0.05, 0) is 18.9 Å². The first-order valence-electron chi connectivity index (χ1n) is 5.50. The predicted molar refractivity (Wildman–Crippen MR) is 61.0 cm³/mol. The molecule has 1 atom stereocenters. The molecule has 2 heterocycles. The molecule has 1 unspecified atom stereocenters. The molecular weight excluding hydrogens is 283 g/mol. The SMILES string of the molecule is O=C(O)C1CCCN1C(=O)c1csc(C(F)(F)F)c1. The molecule has 2 rings (SSSR count). The third-order valence-corrected chi connectivity index (χ3v) is 3.90. The van der Waals surface area contributed by atoms with Crippen molar-refractivity contribution in [3.63, 3.8) is 0 Å². The molecule has 1 aliphatic rings. The minimum absolute atomic E-state index is 0.106. The number of nitrogens with zero attached hydrogens (tertiary/aromatic N) is 1. The molecule has 0 aromatic carbocycles. The number of carboxylic acids is 1. The maximum atomic E-state index is 12.4. The zero-order valence-corrected chi connectivity index (χ0v) is 10.4. The van der Waals surface area contributed by atoms with Gasteiger partial charge in [0.15, 0.2) is 0 Å². The molecule has 1 aromatic rings. The summed E-state index contributed by atoms with van der Waals surface area (Å²) in [5, 5.41) is 10.1. The summed E-state index contributed by atoms with van der Waals surface area (Å²) in [5.41, 5.74) is -0.106. The van der Waals surface area contributed by atoms with Crippen LogP contribution in [0.3, 0.4) is 0 Å². The van der Waals surface area contributed by atoms with Gasteiger partial charge >= 0.3 is 12.1 Å². The molecule has 0 spiro atoms. The number of carbonyl (C=O) groups excluding carboxylic acids is 1. The zero-order chi connectivity index (χ0) is 14.2. The number of rotatable bonds is 2. The van der Waals surface area contributed by atoms with Crippen LogP contribution in [0.5, 0.6) is 0 Å². The topological polar surface area (TPSA) is 57.6 Å². The Bertz CT molecular complexity index is 512. The highest BCUT2D eigenvalue weighted by molar-refractivity contribution is 7.10. The van der Waals surface area contributed by atoms with E-state index in [-0.39, 0.29) is 12.1 Å². The number of thiophene rings is 1. The maximum Gasteiger partial charge on any atom is 0.425 e. The maximum absolute atomic E-state index is 12.4. The highest BCUT2D eigenvalue weighted by atomic mass is 32.1. The van der Waals surface area contributed by atoms with Crippen LogP contribution in [-0.4, -0.2) is 34.5 Å². The summed E-state index contributed by atoms with van der Waals surface area (Å²) in [6.07, 6.45) is -3.61. The van der Waals surface area contributed by atoms with E-state index in [2.05, 4.69) is 0 Å². The van der Waals surface area contributed by atoms with Gasteiger partial charge in [0.2, 0.25) is 0 Å². The van der Waals surface area contributed by atoms with Gasteiger partial charge in [-0.1, -0.05) is 0 Å². The number of aliphatic carboxylic acids is 1. The van der Waals surface area contributed by atoms with E-state index in [1.54, 1.807) is 0 Å². The molecule has 1 saturated heterocycles. The van der Waals surface area contributed by atoms with E-state index in [0.29, 0.717) is 24.2 Å². The molecule has 1 fully saturated rings. The number of alkyl halides is 3. The molecule has 104 valence electrons. The summed E-state index contributed by atoms with van der Waals surface area (Å²) in [7, 11) is 0. The number of carbonyl (C=O) groups is 2. The molecule has 0 bridgehead atoms. The van der Waals surface area contributed by atoms with E-state index >= 15 is 0 Å². The molecule has 19 heavy (non-hydrogen) atoms. The van der Waals surface area contributed by atoms with Gasteiger partial charge in [-0.15, -0.1) is 11.3 Å². The monoisotopic (exact) mass is 293 g/mol. The van der Waals surface area contributed by atoms with Gasteiger partial charge in [0.25, 0.3) is 5.91 Å². The Morgan fingerprint density at radius 2 is 2.11 bits per heavy atom. The van der Waals surface area contributed by atoms with Gasteiger partial charge in [-0.2, -0.15) is 13.2 Å². The Morgan fingerprint density at radius 3 is 2.63 bits per heavy atom. The Hall–Kier alpha value is -1.57. The summed E-state index contributed by atoms with van der Waals surface area (Å²) < 4.78 is 37.3. The van der Waals surface area contributed by atoms with Crippen LogP contribution < -0.4 is 0 Å². The lowest BCUT2D eigenvalue weighted by molar-refractivity contribution is -0.141. The molecule has 0 radical (unpaired) electrons.